The first-order valence-electron chi connectivity index (χ1n) is 9.39. The molecule has 0 bridgehead atoms. The zero-order valence-electron chi connectivity index (χ0n) is 16.0. The Labute approximate surface area is 169 Å². The third kappa shape index (κ3) is 3.78. The maximum Gasteiger partial charge on any atom is 0.230 e. The van der Waals surface area contributed by atoms with Crippen LogP contribution in [0.3, 0.4) is 0 Å². The molecule has 0 aliphatic carbocycles. The molecule has 0 spiro atoms. The Morgan fingerprint density at radius 3 is 2.75 bits per heavy atom. The molecule has 0 saturated carbocycles. The minimum Gasteiger partial charge on any atom is -0.493 e. The molecule has 0 saturated heterocycles. The summed E-state index contributed by atoms with van der Waals surface area (Å²) >= 11 is 1.54. The summed E-state index contributed by atoms with van der Waals surface area (Å²) in [5.74, 6) is 1.25. The highest BCUT2D eigenvalue weighted by molar-refractivity contribution is 8.00. The number of nitrogens with one attached hydrogen (secondary N) is 1. The maximum absolute atomic E-state index is 12.6. The maximum atomic E-state index is 12.6. The van der Waals surface area contributed by atoms with Crippen molar-refractivity contribution in [2.45, 2.75) is 31.2 Å². The van der Waals surface area contributed by atoms with Gasteiger partial charge in [0.15, 0.2) is 0 Å². The number of carbonyl (C=O) groups excluding carboxylic acids is 1. The minimum atomic E-state index is 0.00675. The van der Waals surface area contributed by atoms with Gasteiger partial charge in [0.05, 0.1) is 40.4 Å². The number of hydrogen-bond donors (Lipinski definition) is 1. The standard InChI is InChI=1S/C22H23N3O2S/c1-15-22(16(2)25(24-15)17-8-4-3-5-9-17)28-14-21(26)23-19-12-13-27-20-11-7-6-10-18(19)20/h3-11,19H,12-14H2,1-2H3,(H,23,26)/t19-/m1/s1. The number of amides is 1. The molecule has 5 nitrogen and oxygen atoms in total. The number of aromatic nitrogens is 2. The number of carbonyl (C=O) groups is 1. The Bertz CT molecular complexity index is 985. The first kappa shape index (κ1) is 18.6. The van der Waals surface area contributed by atoms with Crippen LogP contribution in [0.25, 0.3) is 5.69 Å². The molecule has 1 aliphatic heterocycles. The molecule has 1 amide bonds. The Morgan fingerprint density at radius 2 is 1.93 bits per heavy atom. The SMILES string of the molecule is Cc1nn(-c2ccccc2)c(C)c1SCC(=O)N[C@@H]1CCOc2ccccc21. The van der Waals surface area contributed by atoms with Crippen molar-refractivity contribution < 1.29 is 9.53 Å². The Morgan fingerprint density at radius 1 is 1.18 bits per heavy atom. The van der Waals surface area contributed by atoms with Crippen molar-refractivity contribution in [3.05, 3.63) is 71.5 Å². The Balaban J connectivity index is 1.43. The molecular formula is C22H23N3O2S. The van der Waals surface area contributed by atoms with Gasteiger partial charge >= 0.3 is 0 Å². The normalized spacial score (nSPS) is 15.6. The topological polar surface area (TPSA) is 56.2 Å². The van der Waals surface area contributed by atoms with Gasteiger partial charge in [0, 0.05) is 12.0 Å². The minimum absolute atomic E-state index is 0.00675. The summed E-state index contributed by atoms with van der Waals surface area (Å²) in [4.78, 5) is 13.7. The number of nitrogens with zero attached hydrogens (tertiary/aromatic N) is 2. The third-order valence-corrected chi connectivity index (χ3v) is 6.15. The van der Waals surface area contributed by atoms with Gasteiger partial charge in [-0.05, 0) is 32.0 Å². The molecule has 3 aromatic rings. The number of para-hydroxylation sites is 2. The van der Waals surface area contributed by atoms with Crippen molar-refractivity contribution in [3.63, 3.8) is 0 Å². The molecule has 28 heavy (non-hydrogen) atoms. The molecule has 1 aromatic heterocycles. The Kier molecular flexibility index (Phi) is 5.39. The summed E-state index contributed by atoms with van der Waals surface area (Å²) in [6.07, 6.45) is 0.789. The lowest BCUT2D eigenvalue weighted by Crippen LogP contribution is -2.33. The molecule has 2 aromatic carbocycles. The number of thioether (sulfide) groups is 1. The Hall–Kier alpha value is -2.73. The van der Waals surface area contributed by atoms with Crippen LogP contribution >= 0.6 is 11.8 Å². The summed E-state index contributed by atoms with van der Waals surface area (Å²) in [6, 6.07) is 18.0. The zero-order valence-corrected chi connectivity index (χ0v) is 16.8. The summed E-state index contributed by atoms with van der Waals surface area (Å²) in [7, 11) is 0. The fourth-order valence-electron chi connectivity index (χ4n) is 3.52. The zero-order chi connectivity index (χ0) is 19.5. The average molecular weight is 394 g/mol. The van der Waals surface area contributed by atoms with Gasteiger partial charge in [-0.3, -0.25) is 4.79 Å². The molecule has 2 heterocycles. The van der Waals surface area contributed by atoms with E-state index in [0.29, 0.717) is 12.4 Å². The van der Waals surface area contributed by atoms with E-state index in [1.165, 1.54) is 0 Å². The van der Waals surface area contributed by atoms with E-state index in [2.05, 4.69) is 10.4 Å². The second-order valence-corrected chi connectivity index (χ2v) is 7.82. The number of fused-ring (bicyclic) bond motifs is 1. The largest absolute Gasteiger partial charge is 0.493 e. The van der Waals surface area contributed by atoms with E-state index in [1.807, 2.05) is 73.1 Å². The summed E-state index contributed by atoms with van der Waals surface area (Å²) < 4.78 is 7.61. The molecule has 144 valence electrons. The van der Waals surface area contributed by atoms with Crippen LogP contribution in [-0.4, -0.2) is 28.0 Å². The van der Waals surface area contributed by atoms with Gasteiger partial charge in [0.25, 0.3) is 0 Å². The molecule has 0 fully saturated rings. The predicted molar refractivity (Wildman–Crippen MR) is 111 cm³/mol. The number of hydrogen-bond acceptors (Lipinski definition) is 4. The second-order valence-electron chi connectivity index (χ2n) is 6.83. The van der Waals surface area contributed by atoms with Gasteiger partial charge < -0.3 is 10.1 Å². The van der Waals surface area contributed by atoms with E-state index in [-0.39, 0.29) is 11.9 Å². The molecule has 1 atom stereocenters. The number of benzene rings is 2. The summed E-state index contributed by atoms with van der Waals surface area (Å²) in [5.41, 5.74) is 4.07. The number of ether oxygens (including phenoxy) is 1. The molecule has 1 aliphatic rings. The van der Waals surface area contributed by atoms with E-state index in [9.17, 15) is 4.79 Å². The first-order valence-corrected chi connectivity index (χ1v) is 10.4. The van der Waals surface area contributed by atoms with Gasteiger partial charge in [0.1, 0.15) is 5.75 Å². The summed E-state index contributed by atoms with van der Waals surface area (Å²) in [5, 5.41) is 7.81. The average Bonchev–Trinajstić information content (AvgIpc) is 3.01. The van der Waals surface area contributed by atoms with E-state index in [4.69, 9.17) is 4.74 Å². The van der Waals surface area contributed by atoms with Crippen LogP contribution < -0.4 is 10.1 Å². The van der Waals surface area contributed by atoms with Crippen LogP contribution in [0.2, 0.25) is 0 Å². The summed E-state index contributed by atoms with van der Waals surface area (Å²) in [6.45, 7) is 4.65. The molecule has 0 unspecified atom stereocenters. The van der Waals surface area contributed by atoms with Crippen LogP contribution in [0.5, 0.6) is 5.75 Å². The highest BCUT2D eigenvalue weighted by Gasteiger charge is 2.23. The second kappa shape index (κ2) is 8.10. The van der Waals surface area contributed by atoms with Gasteiger partial charge in [-0.15, -0.1) is 11.8 Å². The number of rotatable bonds is 5. The number of aryl methyl sites for hydroxylation is 1. The van der Waals surface area contributed by atoms with Crippen molar-refractivity contribution >= 4 is 17.7 Å². The molecule has 6 heteroatoms. The molecular weight excluding hydrogens is 370 g/mol. The predicted octanol–water partition coefficient (Wildman–Crippen LogP) is 4.22. The monoisotopic (exact) mass is 393 g/mol. The molecule has 0 radical (unpaired) electrons. The smallest absolute Gasteiger partial charge is 0.230 e. The van der Waals surface area contributed by atoms with Gasteiger partial charge in [-0.1, -0.05) is 36.4 Å². The van der Waals surface area contributed by atoms with E-state index in [0.717, 1.165) is 39.7 Å². The third-order valence-electron chi connectivity index (χ3n) is 4.87. The molecule has 4 rings (SSSR count). The fraction of sp³-hybridized carbons (Fsp3) is 0.273. The van der Waals surface area contributed by atoms with Crippen LogP contribution in [0, 0.1) is 13.8 Å². The van der Waals surface area contributed by atoms with Crippen LogP contribution in [-0.2, 0) is 4.79 Å². The highest BCUT2D eigenvalue weighted by Crippen LogP contribution is 2.32. The quantitative estimate of drug-likeness (QED) is 0.660. The lowest BCUT2D eigenvalue weighted by Gasteiger charge is -2.26. The van der Waals surface area contributed by atoms with Crippen molar-refractivity contribution in [3.8, 4) is 11.4 Å². The van der Waals surface area contributed by atoms with E-state index < -0.39 is 0 Å². The lowest BCUT2D eigenvalue weighted by molar-refractivity contribution is -0.119. The fourth-order valence-corrected chi connectivity index (χ4v) is 4.43. The van der Waals surface area contributed by atoms with E-state index >= 15 is 0 Å². The van der Waals surface area contributed by atoms with E-state index in [1.54, 1.807) is 11.8 Å². The first-order chi connectivity index (χ1) is 13.6. The van der Waals surface area contributed by atoms with Crippen molar-refractivity contribution in [2.24, 2.45) is 0 Å². The van der Waals surface area contributed by atoms with Gasteiger partial charge in [0.2, 0.25) is 5.91 Å². The van der Waals surface area contributed by atoms with Gasteiger partial charge in [-0.25, -0.2) is 4.68 Å². The van der Waals surface area contributed by atoms with Crippen LogP contribution in [0.15, 0.2) is 59.5 Å². The van der Waals surface area contributed by atoms with Crippen molar-refractivity contribution in [1.29, 1.82) is 0 Å². The lowest BCUT2D eigenvalue weighted by atomic mass is 10.0. The van der Waals surface area contributed by atoms with Crippen LogP contribution in [0.4, 0.5) is 0 Å². The van der Waals surface area contributed by atoms with Crippen molar-refractivity contribution in [2.75, 3.05) is 12.4 Å². The van der Waals surface area contributed by atoms with Crippen molar-refractivity contribution in [1.82, 2.24) is 15.1 Å². The highest BCUT2D eigenvalue weighted by atomic mass is 32.2. The van der Waals surface area contributed by atoms with Crippen LogP contribution in [0.1, 0.15) is 29.4 Å². The molecule has 1 N–H and O–H groups in total. The van der Waals surface area contributed by atoms with Gasteiger partial charge in [-0.2, -0.15) is 5.10 Å².